The molecular weight excluding hydrogens is 258 g/mol. The molecule has 0 aliphatic carbocycles. The van der Waals surface area contributed by atoms with Gasteiger partial charge < -0.3 is 20.4 Å². The molecule has 0 atom stereocenters. The molecule has 0 aromatic carbocycles. The number of hydrogen-bond donors (Lipinski definition) is 2. The Morgan fingerprint density at radius 1 is 1.50 bits per heavy atom. The van der Waals surface area contributed by atoms with E-state index in [0.29, 0.717) is 25.6 Å². The largest absolute Gasteiger partial charge is 0.478 e. The number of nitrogens with two attached hydrogens (primary N) is 1. The maximum absolute atomic E-state index is 12.0. The molecule has 3 N–H and O–H groups in total. The molecule has 0 aliphatic rings. The maximum Gasteiger partial charge on any atom is 0.292 e. The first-order chi connectivity index (χ1) is 9.54. The van der Waals surface area contributed by atoms with Crippen LogP contribution >= 0.6 is 0 Å². The van der Waals surface area contributed by atoms with Gasteiger partial charge in [0.25, 0.3) is 11.5 Å². The molecule has 1 rings (SSSR count). The second kappa shape index (κ2) is 8.37. The highest BCUT2D eigenvalue weighted by molar-refractivity contribution is 5.77. The third-order valence-electron chi connectivity index (χ3n) is 2.65. The molecule has 1 aromatic heterocycles. The van der Waals surface area contributed by atoms with E-state index in [4.69, 9.17) is 10.5 Å². The standard InChI is InChI=1S/C14H23N3O3/c1-11(2)9-16-13(18)10-20-12-5-3-7-17(14(12)19)8-4-6-15/h3,5,7,11H,4,6,8-10,15H2,1-2H3,(H,16,18). The fraction of sp³-hybridized carbons (Fsp3) is 0.571. The predicted molar refractivity (Wildman–Crippen MR) is 77.7 cm³/mol. The summed E-state index contributed by atoms with van der Waals surface area (Å²) in [4.78, 5) is 23.5. The molecular formula is C14H23N3O3. The summed E-state index contributed by atoms with van der Waals surface area (Å²) in [7, 11) is 0. The Labute approximate surface area is 118 Å². The Bertz CT molecular complexity index is 483. The number of ether oxygens (including phenoxy) is 1. The highest BCUT2D eigenvalue weighted by atomic mass is 16.5. The lowest BCUT2D eigenvalue weighted by molar-refractivity contribution is -0.123. The van der Waals surface area contributed by atoms with Gasteiger partial charge in [0.15, 0.2) is 12.4 Å². The first-order valence-electron chi connectivity index (χ1n) is 6.83. The van der Waals surface area contributed by atoms with Crippen LogP contribution in [0.5, 0.6) is 5.75 Å². The van der Waals surface area contributed by atoms with Crippen LogP contribution in [0, 0.1) is 5.92 Å². The minimum absolute atomic E-state index is 0.150. The van der Waals surface area contributed by atoms with E-state index < -0.39 is 0 Å². The van der Waals surface area contributed by atoms with Crippen molar-refractivity contribution in [1.82, 2.24) is 9.88 Å². The first kappa shape index (κ1) is 16.2. The van der Waals surface area contributed by atoms with Crippen LogP contribution in [0.2, 0.25) is 0 Å². The second-order valence-electron chi connectivity index (χ2n) is 5.00. The molecule has 0 saturated carbocycles. The van der Waals surface area contributed by atoms with Crippen molar-refractivity contribution in [3.63, 3.8) is 0 Å². The SMILES string of the molecule is CC(C)CNC(=O)COc1cccn(CCCN)c1=O. The Hall–Kier alpha value is -1.82. The summed E-state index contributed by atoms with van der Waals surface area (Å²) in [5.41, 5.74) is 5.18. The third kappa shape index (κ3) is 5.44. The number of carbonyl (C=O) groups is 1. The van der Waals surface area contributed by atoms with Crippen LogP contribution in [0.3, 0.4) is 0 Å². The van der Waals surface area contributed by atoms with E-state index in [9.17, 15) is 9.59 Å². The number of hydrogen-bond acceptors (Lipinski definition) is 4. The van der Waals surface area contributed by atoms with Gasteiger partial charge in [-0.2, -0.15) is 0 Å². The molecule has 6 heteroatoms. The van der Waals surface area contributed by atoms with E-state index >= 15 is 0 Å². The lowest BCUT2D eigenvalue weighted by Gasteiger charge is -2.10. The normalized spacial score (nSPS) is 10.6. The van der Waals surface area contributed by atoms with Gasteiger partial charge in [0.1, 0.15) is 0 Å². The molecule has 0 bridgehead atoms. The van der Waals surface area contributed by atoms with Crippen LogP contribution in [-0.2, 0) is 11.3 Å². The van der Waals surface area contributed by atoms with Crippen molar-refractivity contribution in [1.29, 1.82) is 0 Å². The van der Waals surface area contributed by atoms with Gasteiger partial charge in [-0.3, -0.25) is 9.59 Å². The van der Waals surface area contributed by atoms with Gasteiger partial charge in [0.2, 0.25) is 0 Å². The summed E-state index contributed by atoms with van der Waals surface area (Å²) in [5.74, 6) is 0.337. The van der Waals surface area contributed by atoms with E-state index in [-0.39, 0.29) is 23.8 Å². The fourth-order valence-electron chi connectivity index (χ4n) is 1.57. The molecule has 20 heavy (non-hydrogen) atoms. The number of pyridine rings is 1. The zero-order valence-corrected chi connectivity index (χ0v) is 12.1. The predicted octanol–water partition coefficient (Wildman–Crippen LogP) is 0.348. The van der Waals surface area contributed by atoms with Crippen LogP contribution in [-0.4, -0.2) is 30.2 Å². The molecule has 0 saturated heterocycles. The van der Waals surface area contributed by atoms with Gasteiger partial charge >= 0.3 is 0 Å². The lowest BCUT2D eigenvalue weighted by Crippen LogP contribution is -2.33. The average Bonchev–Trinajstić information content (AvgIpc) is 2.42. The van der Waals surface area contributed by atoms with Crippen molar-refractivity contribution in [2.24, 2.45) is 11.7 Å². The molecule has 1 amide bonds. The molecule has 1 heterocycles. The Morgan fingerprint density at radius 3 is 2.90 bits per heavy atom. The van der Waals surface area contributed by atoms with E-state index in [1.807, 2.05) is 13.8 Å². The number of nitrogens with zero attached hydrogens (tertiary/aromatic N) is 1. The summed E-state index contributed by atoms with van der Waals surface area (Å²) >= 11 is 0. The number of aryl methyl sites for hydroxylation is 1. The molecule has 0 unspecified atom stereocenters. The molecule has 0 aliphatic heterocycles. The number of aromatic nitrogens is 1. The highest BCUT2D eigenvalue weighted by Crippen LogP contribution is 2.02. The summed E-state index contributed by atoms with van der Waals surface area (Å²) in [6.07, 6.45) is 2.40. The zero-order valence-electron chi connectivity index (χ0n) is 12.1. The van der Waals surface area contributed by atoms with Crippen LogP contribution in [0.25, 0.3) is 0 Å². The molecule has 1 aromatic rings. The molecule has 0 spiro atoms. The van der Waals surface area contributed by atoms with Crippen LogP contribution in [0.1, 0.15) is 20.3 Å². The van der Waals surface area contributed by atoms with Gasteiger partial charge in [0.05, 0.1) is 0 Å². The Kier molecular flexibility index (Phi) is 6.79. The van der Waals surface area contributed by atoms with Gasteiger partial charge in [-0.1, -0.05) is 13.8 Å². The fourth-order valence-corrected chi connectivity index (χ4v) is 1.57. The summed E-state index contributed by atoms with van der Waals surface area (Å²) in [5, 5.41) is 2.73. The molecule has 0 radical (unpaired) electrons. The smallest absolute Gasteiger partial charge is 0.292 e. The summed E-state index contributed by atoms with van der Waals surface area (Å²) in [6.45, 7) is 5.53. The van der Waals surface area contributed by atoms with Crippen LogP contribution in [0.15, 0.2) is 23.1 Å². The molecule has 112 valence electrons. The number of carbonyl (C=O) groups excluding carboxylic acids is 1. The topological polar surface area (TPSA) is 86.3 Å². The Balaban J connectivity index is 2.55. The van der Waals surface area contributed by atoms with Crippen molar-refractivity contribution in [2.45, 2.75) is 26.8 Å². The monoisotopic (exact) mass is 281 g/mol. The highest BCUT2D eigenvalue weighted by Gasteiger charge is 2.07. The van der Waals surface area contributed by atoms with E-state index in [1.165, 1.54) is 4.57 Å². The summed E-state index contributed by atoms with van der Waals surface area (Å²) < 4.78 is 6.81. The van der Waals surface area contributed by atoms with Crippen molar-refractivity contribution in [3.05, 3.63) is 28.7 Å². The average molecular weight is 281 g/mol. The lowest BCUT2D eigenvalue weighted by atomic mass is 10.2. The van der Waals surface area contributed by atoms with Gasteiger partial charge in [-0.15, -0.1) is 0 Å². The molecule has 0 fully saturated rings. The maximum atomic E-state index is 12.0. The zero-order chi connectivity index (χ0) is 15.0. The van der Waals surface area contributed by atoms with E-state index in [0.717, 1.165) is 6.42 Å². The quantitative estimate of drug-likeness (QED) is 0.720. The van der Waals surface area contributed by atoms with Gasteiger partial charge in [-0.25, -0.2) is 0 Å². The Morgan fingerprint density at radius 2 is 2.25 bits per heavy atom. The number of nitrogens with one attached hydrogen (secondary N) is 1. The second-order valence-corrected chi connectivity index (χ2v) is 5.00. The third-order valence-corrected chi connectivity index (χ3v) is 2.65. The van der Waals surface area contributed by atoms with E-state index in [2.05, 4.69) is 5.32 Å². The van der Waals surface area contributed by atoms with Crippen LogP contribution in [0.4, 0.5) is 0 Å². The van der Waals surface area contributed by atoms with E-state index in [1.54, 1.807) is 18.3 Å². The van der Waals surface area contributed by atoms with Crippen LogP contribution < -0.4 is 21.3 Å². The van der Waals surface area contributed by atoms with Crippen molar-refractivity contribution < 1.29 is 9.53 Å². The minimum atomic E-state index is -0.238. The van der Waals surface area contributed by atoms with Crippen molar-refractivity contribution in [3.8, 4) is 5.75 Å². The number of amides is 1. The van der Waals surface area contributed by atoms with Gasteiger partial charge in [0, 0.05) is 19.3 Å². The van der Waals surface area contributed by atoms with Gasteiger partial charge in [-0.05, 0) is 31.0 Å². The molecule has 6 nitrogen and oxygen atoms in total. The van der Waals surface area contributed by atoms with Crippen molar-refractivity contribution in [2.75, 3.05) is 19.7 Å². The first-order valence-corrected chi connectivity index (χ1v) is 6.83. The minimum Gasteiger partial charge on any atom is -0.478 e. The van der Waals surface area contributed by atoms with Crippen molar-refractivity contribution >= 4 is 5.91 Å². The number of rotatable bonds is 8. The summed E-state index contributed by atoms with van der Waals surface area (Å²) in [6, 6.07) is 3.29.